The highest BCUT2D eigenvalue weighted by Crippen LogP contribution is 2.21. The predicted molar refractivity (Wildman–Crippen MR) is 159 cm³/mol. The zero-order chi connectivity index (χ0) is 30.2. The molecule has 12 nitrogen and oxygen atoms in total. The van der Waals surface area contributed by atoms with E-state index in [1.165, 1.54) is 18.9 Å². The second-order valence-corrected chi connectivity index (χ2v) is 9.42. The first-order valence-corrected chi connectivity index (χ1v) is 13.3. The minimum Gasteiger partial charge on any atom is -0.469 e. The van der Waals surface area contributed by atoms with E-state index in [0.717, 1.165) is 17.0 Å². The Hall–Kier alpha value is -5.26. The average Bonchev–Trinajstić information content (AvgIpc) is 3.30. The molecular formula is C30H33N7O5. The number of aryl methyl sites for hydroxylation is 1. The molecule has 0 aliphatic carbocycles. The van der Waals surface area contributed by atoms with Crippen molar-refractivity contribution in [2.75, 3.05) is 23.9 Å². The molecule has 4 aromatic rings. The Kier molecular flexibility index (Phi) is 9.48. The molecule has 2 aromatic heterocycles. The molecule has 0 radical (unpaired) electrons. The summed E-state index contributed by atoms with van der Waals surface area (Å²) in [5, 5.41) is 3.35. The number of esters is 2. The fourth-order valence-electron chi connectivity index (χ4n) is 4.31. The minimum atomic E-state index is -0.674. The molecule has 3 N–H and O–H groups in total. The van der Waals surface area contributed by atoms with Crippen molar-refractivity contribution in [2.24, 2.45) is 17.8 Å². The van der Waals surface area contributed by atoms with Gasteiger partial charge in [-0.1, -0.05) is 6.07 Å². The van der Waals surface area contributed by atoms with E-state index in [2.05, 4.69) is 15.3 Å². The number of hydrogen-bond donors (Lipinski definition) is 2. The van der Waals surface area contributed by atoms with Crippen molar-refractivity contribution >= 4 is 46.2 Å². The highest BCUT2D eigenvalue weighted by atomic mass is 16.6. The number of pyridine rings is 1. The number of rotatable bonds is 11. The van der Waals surface area contributed by atoms with Crippen molar-refractivity contribution in [1.82, 2.24) is 14.5 Å². The van der Waals surface area contributed by atoms with Crippen LogP contribution in [-0.2, 0) is 32.7 Å². The Balaban J connectivity index is 1.48. The third-order valence-corrected chi connectivity index (χ3v) is 6.45. The van der Waals surface area contributed by atoms with Crippen LogP contribution in [0.1, 0.15) is 42.0 Å². The van der Waals surface area contributed by atoms with E-state index in [4.69, 9.17) is 20.2 Å². The van der Waals surface area contributed by atoms with Crippen LogP contribution < -0.4 is 16.0 Å². The number of carbonyl (C=O) groups excluding carboxylic acids is 3. The summed E-state index contributed by atoms with van der Waals surface area (Å²) < 4.78 is 11.7. The number of benzene rings is 2. The van der Waals surface area contributed by atoms with Gasteiger partial charge >= 0.3 is 11.9 Å². The molecule has 1 unspecified atom stereocenters. The molecule has 1 atom stereocenters. The maximum atomic E-state index is 13.5. The lowest BCUT2D eigenvalue weighted by Crippen LogP contribution is -2.33. The van der Waals surface area contributed by atoms with Gasteiger partial charge < -0.3 is 25.1 Å². The molecule has 2 aromatic carbocycles. The fraction of sp³-hybridized carbons (Fsp3) is 0.267. The standard InChI is InChI=1S/C30H33N7O5/c1-19(42-20(2)38)34-29(31)21-8-11-23(12-9-21)33-18-27-35-24-17-22(10-13-25(24)36(27)3)30(40)37(16-14-28(39)41-4)26-7-5-6-15-32-26/h5-13,15,17,19,33H,14,16,18H2,1-4H3,(H2,31,34). The van der Waals surface area contributed by atoms with E-state index >= 15 is 0 Å². The number of methoxy groups -OCH3 is 1. The molecule has 1 amide bonds. The summed E-state index contributed by atoms with van der Waals surface area (Å²) in [5.74, 6) is 0.335. The van der Waals surface area contributed by atoms with Crippen molar-refractivity contribution in [3.8, 4) is 0 Å². The lowest BCUT2D eigenvalue weighted by Gasteiger charge is -2.21. The summed E-state index contributed by atoms with van der Waals surface area (Å²) in [6.45, 7) is 3.51. The third-order valence-electron chi connectivity index (χ3n) is 6.45. The second-order valence-electron chi connectivity index (χ2n) is 9.42. The number of nitrogens with zero attached hydrogens (tertiary/aromatic N) is 5. The van der Waals surface area contributed by atoms with Crippen molar-refractivity contribution in [3.63, 3.8) is 0 Å². The smallest absolute Gasteiger partial charge is 0.307 e. The van der Waals surface area contributed by atoms with Gasteiger partial charge in [-0.2, -0.15) is 0 Å². The third kappa shape index (κ3) is 7.27. The first-order valence-electron chi connectivity index (χ1n) is 13.3. The van der Waals surface area contributed by atoms with E-state index in [-0.39, 0.29) is 24.7 Å². The van der Waals surface area contributed by atoms with E-state index < -0.39 is 18.2 Å². The number of anilines is 2. The Morgan fingerprint density at radius 3 is 2.50 bits per heavy atom. The van der Waals surface area contributed by atoms with Gasteiger partial charge in [-0.15, -0.1) is 0 Å². The van der Waals surface area contributed by atoms with Gasteiger partial charge in [0.25, 0.3) is 5.91 Å². The highest BCUT2D eigenvalue weighted by Gasteiger charge is 2.21. The number of nitrogens with two attached hydrogens (primary N) is 1. The Morgan fingerprint density at radius 2 is 1.83 bits per heavy atom. The Labute approximate surface area is 243 Å². The van der Waals surface area contributed by atoms with E-state index in [0.29, 0.717) is 29.0 Å². The van der Waals surface area contributed by atoms with Crippen LogP contribution in [0.3, 0.4) is 0 Å². The van der Waals surface area contributed by atoms with Crippen LogP contribution in [0.2, 0.25) is 0 Å². The number of amides is 1. The van der Waals surface area contributed by atoms with Crippen LogP contribution in [0.25, 0.3) is 11.0 Å². The predicted octanol–water partition coefficient (Wildman–Crippen LogP) is 3.40. The van der Waals surface area contributed by atoms with Gasteiger partial charge in [-0.3, -0.25) is 19.3 Å². The second kappa shape index (κ2) is 13.4. The number of carbonyl (C=O) groups is 3. The number of aliphatic imine (C=N–C) groups is 1. The molecule has 0 saturated carbocycles. The van der Waals surface area contributed by atoms with Gasteiger partial charge in [0.1, 0.15) is 17.5 Å². The molecule has 12 heteroatoms. The summed E-state index contributed by atoms with van der Waals surface area (Å²) in [4.78, 5) is 51.1. The molecule has 0 saturated heterocycles. The first kappa shape index (κ1) is 29.7. The van der Waals surface area contributed by atoms with Crippen molar-refractivity contribution in [3.05, 3.63) is 83.8 Å². The Morgan fingerprint density at radius 1 is 1.10 bits per heavy atom. The van der Waals surface area contributed by atoms with Crippen molar-refractivity contribution < 1.29 is 23.9 Å². The van der Waals surface area contributed by atoms with Crippen molar-refractivity contribution in [1.29, 1.82) is 0 Å². The normalized spacial score (nSPS) is 12.0. The van der Waals surface area contributed by atoms with Crippen LogP contribution >= 0.6 is 0 Å². The van der Waals surface area contributed by atoms with Crippen LogP contribution in [0, 0.1) is 0 Å². The van der Waals surface area contributed by atoms with E-state index in [1.54, 1.807) is 43.5 Å². The average molecular weight is 572 g/mol. The zero-order valence-electron chi connectivity index (χ0n) is 23.9. The number of nitrogens with one attached hydrogen (secondary N) is 1. The minimum absolute atomic E-state index is 0.0360. The monoisotopic (exact) mass is 571 g/mol. The number of imidazole rings is 1. The van der Waals surface area contributed by atoms with Crippen LogP contribution in [-0.4, -0.2) is 58.1 Å². The zero-order valence-corrected chi connectivity index (χ0v) is 23.9. The summed E-state index contributed by atoms with van der Waals surface area (Å²) in [6.07, 6.45) is 0.956. The van der Waals surface area contributed by atoms with Gasteiger partial charge in [-0.05, 0) is 61.5 Å². The van der Waals surface area contributed by atoms with Crippen LogP contribution in [0.5, 0.6) is 0 Å². The summed E-state index contributed by atoms with van der Waals surface area (Å²) in [7, 11) is 3.22. The number of aromatic nitrogens is 3. The number of fused-ring (bicyclic) bond motifs is 1. The maximum Gasteiger partial charge on any atom is 0.307 e. The molecular weight excluding hydrogens is 538 g/mol. The van der Waals surface area contributed by atoms with Crippen LogP contribution in [0.4, 0.5) is 11.5 Å². The van der Waals surface area contributed by atoms with E-state index in [1.807, 2.05) is 41.9 Å². The molecule has 2 heterocycles. The lowest BCUT2D eigenvalue weighted by atomic mass is 10.1. The van der Waals surface area contributed by atoms with Gasteiger partial charge in [0.15, 0.2) is 6.23 Å². The topological polar surface area (TPSA) is 154 Å². The van der Waals surface area contributed by atoms with Crippen LogP contribution in [0.15, 0.2) is 71.9 Å². The van der Waals surface area contributed by atoms with Gasteiger partial charge in [0.2, 0.25) is 0 Å². The highest BCUT2D eigenvalue weighted by molar-refractivity contribution is 6.07. The van der Waals surface area contributed by atoms with Gasteiger partial charge in [-0.25, -0.2) is 15.0 Å². The number of hydrogen-bond acceptors (Lipinski definition) is 9. The quantitative estimate of drug-likeness (QED) is 0.157. The Bertz CT molecular complexity index is 1600. The number of ether oxygens (including phenoxy) is 2. The molecule has 42 heavy (non-hydrogen) atoms. The molecule has 4 rings (SSSR count). The maximum absolute atomic E-state index is 13.5. The van der Waals surface area contributed by atoms with Gasteiger partial charge in [0.05, 0.1) is 31.1 Å². The number of amidine groups is 1. The molecule has 0 bridgehead atoms. The lowest BCUT2D eigenvalue weighted by molar-refractivity contribution is -0.145. The molecule has 218 valence electrons. The summed E-state index contributed by atoms with van der Waals surface area (Å²) in [6, 6.07) is 18.0. The summed E-state index contributed by atoms with van der Waals surface area (Å²) >= 11 is 0. The fourth-order valence-corrected chi connectivity index (χ4v) is 4.31. The molecule has 0 aliphatic rings. The van der Waals surface area contributed by atoms with E-state index in [9.17, 15) is 14.4 Å². The van der Waals surface area contributed by atoms with Gasteiger partial charge in [0, 0.05) is 43.5 Å². The van der Waals surface area contributed by atoms with Crippen molar-refractivity contribution in [2.45, 2.75) is 33.0 Å². The largest absolute Gasteiger partial charge is 0.469 e. The first-order chi connectivity index (χ1) is 20.2. The SMILES string of the molecule is COC(=O)CCN(C(=O)c1ccc2c(c1)nc(CNc1ccc(/C(N)=N/C(C)OC(C)=O)cc1)n2C)c1ccccn1. The summed E-state index contributed by atoms with van der Waals surface area (Å²) in [5.41, 5.74) is 9.54. The molecule has 0 fully saturated rings. The molecule has 0 spiro atoms. The molecule has 0 aliphatic heterocycles.